The molecule has 3 aromatic rings. The summed E-state index contributed by atoms with van der Waals surface area (Å²) in [5, 5.41) is 1.84. The fourth-order valence-electron chi connectivity index (χ4n) is 2.99. The smallest absolute Gasteiger partial charge is 0.333 e. The predicted molar refractivity (Wildman–Crippen MR) is 112 cm³/mol. The van der Waals surface area contributed by atoms with Gasteiger partial charge in [0.25, 0.3) is 5.91 Å². The molecule has 2 aromatic carbocycles. The van der Waals surface area contributed by atoms with Gasteiger partial charge in [-0.1, -0.05) is 31.5 Å². The van der Waals surface area contributed by atoms with Gasteiger partial charge in [-0.25, -0.2) is 14.8 Å². The van der Waals surface area contributed by atoms with E-state index in [2.05, 4.69) is 10.4 Å². The van der Waals surface area contributed by atoms with Crippen molar-refractivity contribution in [2.75, 3.05) is 13.7 Å². The highest BCUT2D eigenvalue weighted by molar-refractivity contribution is 6.07. The Hall–Kier alpha value is -3.61. The molecular formula is C22H24N4O3. The second-order valence-corrected chi connectivity index (χ2v) is 6.59. The zero-order valence-electron chi connectivity index (χ0n) is 16.5. The minimum absolute atomic E-state index is 0.353. The lowest BCUT2D eigenvalue weighted by Crippen LogP contribution is -2.49. The number of benzene rings is 2. The molecule has 3 rings (SSSR count). The number of para-hydroxylation sites is 1. The first-order chi connectivity index (χ1) is 14.0. The van der Waals surface area contributed by atoms with E-state index in [4.69, 9.17) is 10.5 Å². The lowest BCUT2D eigenvalue weighted by molar-refractivity contribution is 0.0833. The summed E-state index contributed by atoms with van der Waals surface area (Å²) >= 11 is 0. The van der Waals surface area contributed by atoms with Gasteiger partial charge in [0.15, 0.2) is 0 Å². The normalized spacial score (nSPS) is 10.6. The van der Waals surface area contributed by atoms with Crippen molar-refractivity contribution in [1.29, 1.82) is 0 Å². The molecule has 0 aliphatic carbocycles. The molecule has 1 heterocycles. The maximum absolute atomic E-state index is 13.0. The van der Waals surface area contributed by atoms with Crippen LogP contribution in [-0.2, 0) is 0 Å². The lowest BCUT2D eigenvalue weighted by Gasteiger charge is -2.21. The highest BCUT2D eigenvalue weighted by atomic mass is 16.5. The van der Waals surface area contributed by atoms with E-state index < -0.39 is 11.9 Å². The number of methoxy groups -OCH3 is 1. The fraction of sp³-hybridized carbons (Fsp3) is 0.227. The Balaban J connectivity index is 2.01. The summed E-state index contributed by atoms with van der Waals surface area (Å²) in [5.74, 6) is 0.328. The number of fused-ring (bicyclic) bond motifs is 1. The minimum atomic E-state index is -0.694. The number of hydrogen-bond donors (Lipinski definition) is 2. The van der Waals surface area contributed by atoms with Crippen LogP contribution in [0.4, 0.5) is 4.79 Å². The highest BCUT2D eigenvalue weighted by Crippen LogP contribution is 2.26. The number of rotatable bonds is 6. The van der Waals surface area contributed by atoms with Gasteiger partial charge in [0.2, 0.25) is 0 Å². The number of nitrogens with one attached hydrogen (secondary N) is 1. The van der Waals surface area contributed by atoms with E-state index in [-0.39, 0.29) is 0 Å². The summed E-state index contributed by atoms with van der Waals surface area (Å²) in [6.07, 6.45) is 1.61. The van der Waals surface area contributed by atoms with Crippen molar-refractivity contribution in [1.82, 2.24) is 15.4 Å². The van der Waals surface area contributed by atoms with E-state index in [9.17, 15) is 9.59 Å². The number of nitrogens with zero attached hydrogens (tertiary/aromatic N) is 2. The van der Waals surface area contributed by atoms with Crippen molar-refractivity contribution in [2.45, 2.75) is 19.8 Å². The number of nitrogens with two attached hydrogens (primary N) is 1. The summed E-state index contributed by atoms with van der Waals surface area (Å²) in [7, 11) is 1.61. The maximum atomic E-state index is 13.0. The zero-order valence-corrected chi connectivity index (χ0v) is 16.5. The molecule has 7 heteroatoms. The number of primary amides is 1. The third-order valence-corrected chi connectivity index (χ3v) is 4.58. The first-order valence-corrected chi connectivity index (χ1v) is 9.45. The Bertz CT molecular complexity index is 1020. The van der Waals surface area contributed by atoms with Crippen molar-refractivity contribution in [3.8, 4) is 17.0 Å². The van der Waals surface area contributed by atoms with Crippen molar-refractivity contribution >= 4 is 22.8 Å². The van der Waals surface area contributed by atoms with E-state index >= 15 is 0 Å². The van der Waals surface area contributed by atoms with E-state index in [0.29, 0.717) is 28.7 Å². The molecule has 0 fully saturated rings. The van der Waals surface area contributed by atoms with Crippen LogP contribution in [0.15, 0.2) is 54.6 Å². The summed E-state index contributed by atoms with van der Waals surface area (Å²) in [6.45, 7) is 2.35. The Morgan fingerprint density at radius 1 is 1.14 bits per heavy atom. The molecule has 0 saturated carbocycles. The third-order valence-electron chi connectivity index (χ3n) is 4.58. The summed E-state index contributed by atoms with van der Waals surface area (Å²) in [6, 6.07) is 15.9. The van der Waals surface area contributed by atoms with Gasteiger partial charge in [-0.15, -0.1) is 0 Å². The van der Waals surface area contributed by atoms with Gasteiger partial charge in [0.05, 0.1) is 23.9 Å². The molecule has 0 saturated heterocycles. The number of ether oxygens (including phenoxy) is 1. The number of carbonyl (C=O) groups is 2. The lowest BCUT2D eigenvalue weighted by atomic mass is 10.0. The summed E-state index contributed by atoms with van der Waals surface area (Å²) < 4.78 is 5.20. The molecule has 0 radical (unpaired) electrons. The second kappa shape index (κ2) is 9.05. The number of aromatic nitrogens is 1. The number of carbonyl (C=O) groups excluding carboxylic acids is 2. The van der Waals surface area contributed by atoms with E-state index in [1.807, 2.05) is 55.5 Å². The van der Waals surface area contributed by atoms with E-state index in [1.54, 1.807) is 13.2 Å². The molecule has 7 nitrogen and oxygen atoms in total. The Morgan fingerprint density at radius 2 is 1.86 bits per heavy atom. The maximum Gasteiger partial charge on any atom is 0.333 e. The van der Waals surface area contributed by atoms with Crippen LogP contribution in [0.2, 0.25) is 0 Å². The molecule has 29 heavy (non-hydrogen) atoms. The van der Waals surface area contributed by atoms with Crippen LogP contribution in [0.3, 0.4) is 0 Å². The molecule has 0 unspecified atom stereocenters. The van der Waals surface area contributed by atoms with Crippen molar-refractivity contribution < 1.29 is 14.3 Å². The van der Waals surface area contributed by atoms with Gasteiger partial charge in [0, 0.05) is 17.5 Å². The van der Waals surface area contributed by atoms with Crippen LogP contribution in [-0.4, -0.2) is 35.6 Å². The number of unbranched alkanes of at least 4 members (excludes halogenated alkanes) is 1. The molecule has 0 atom stereocenters. The van der Waals surface area contributed by atoms with Crippen LogP contribution >= 0.6 is 0 Å². The number of amides is 3. The molecule has 0 aliphatic heterocycles. The topological polar surface area (TPSA) is 97.6 Å². The average Bonchev–Trinajstić information content (AvgIpc) is 2.75. The zero-order chi connectivity index (χ0) is 20.8. The Kier molecular flexibility index (Phi) is 6.29. The van der Waals surface area contributed by atoms with Gasteiger partial charge in [-0.05, 0) is 42.8 Å². The van der Waals surface area contributed by atoms with Gasteiger partial charge >= 0.3 is 6.03 Å². The molecule has 150 valence electrons. The summed E-state index contributed by atoms with van der Waals surface area (Å²) in [5.41, 5.74) is 10.6. The standard InChI is InChI=1S/C22H24N4O3/c1-3-4-13-26(22(23)28)25-21(27)18-14-20(15-9-11-16(29-2)12-10-15)24-19-8-6-5-7-17(18)19/h5-12,14H,3-4,13H2,1-2H3,(H2,23,28)(H,25,27). The highest BCUT2D eigenvalue weighted by Gasteiger charge is 2.18. The summed E-state index contributed by atoms with van der Waals surface area (Å²) in [4.78, 5) is 29.4. The van der Waals surface area contributed by atoms with Crippen molar-refractivity contribution in [3.63, 3.8) is 0 Å². The first kappa shape index (κ1) is 20.1. The Labute approximate surface area is 169 Å². The fourth-order valence-corrected chi connectivity index (χ4v) is 2.99. The average molecular weight is 392 g/mol. The second-order valence-electron chi connectivity index (χ2n) is 6.59. The van der Waals surface area contributed by atoms with Gasteiger partial charge in [-0.2, -0.15) is 0 Å². The van der Waals surface area contributed by atoms with Crippen LogP contribution in [0.5, 0.6) is 5.75 Å². The van der Waals surface area contributed by atoms with Crippen LogP contribution < -0.4 is 15.9 Å². The molecule has 3 amide bonds. The molecule has 0 spiro atoms. The molecule has 0 bridgehead atoms. The molecule has 3 N–H and O–H groups in total. The first-order valence-electron chi connectivity index (χ1n) is 9.45. The van der Waals surface area contributed by atoms with Crippen LogP contribution in [0.1, 0.15) is 30.1 Å². The number of hydrazine groups is 1. The van der Waals surface area contributed by atoms with Gasteiger partial charge < -0.3 is 10.5 Å². The predicted octanol–water partition coefficient (Wildman–Crippen LogP) is 3.74. The quantitative estimate of drug-likeness (QED) is 0.625. The SMILES string of the molecule is CCCCN(NC(=O)c1cc(-c2ccc(OC)cc2)nc2ccccc12)C(N)=O. The van der Waals surface area contributed by atoms with Crippen LogP contribution in [0.25, 0.3) is 22.2 Å². The number of pyridine rings is 1. The number of urea groups is 1. The van der Waals surface area contributed by atoms with Crippen LogP contribution in [0, 0.1) is 0 Å². The van der Waals surface area contributed by atoms with Gasteiger partial charge in [0.1, 0.15) is 5.75 Å². The van der Waals surface area contributed by atoms with E-state index in [0.717, 1.165) is 29.2 Å². The van der Waals surface area contributed by atoms with Crippen molar-refractivity contribution in [2.24, 2.45) is 5.73 Å². The monoisotopic (exact) mass is 392 g/mol. The number of hydrogen-bond acceptors (Lipinski definition) is 4. The largest absolute Gasteiger partial charge is 0.497 e. The third kappa shape index (κ3) is 4.63. The van der Waals surface area contributed by atoms with Gasteiger partial charge in [-0.3, -0.25) is 10.2 Å². The minimum Gasteiger partial charge on any atom is -0.497 e. The molecular weight excluding hydrogens is 368 g/mol. The van der Waals surface area contributed by atoms with Crippen molar-refractivity contribution in [3.05, 3.63) is 60.2 Å². The van der Waals surface area contributed by atoms with E-state index in [1.165, 1.54) is 0 Å². The molecule has 0 aliphatic rings. The molecule has 1 aromatic heterocycles. The Morgan fingerprint density at radius 3 is 2.52 bits per heavy atom.